The van der Waals surface area contributed by atoms with Gasteiger partial charge in [0.15, 0.2) is 0 Å². The van der Waals surface area contributed by atoms with Crippen molar-refractivity contribution in [3.8, 4) is 5.75 Å². The lowest BCUT2D eigenvalue weighted by atomic mass is 10.1. The number of para-hydroxylation sites is 1. The molecular weight excluding hydrogens is 332 g/mol. The van der Waals surface area contributed by atoms with Crippen molar-refractivity contribution in [1.82, 2.24) is 4.90 Å². The van der Waals surface area contributed by atoms with Crippen LogP contribution in [0.1, 0.15) is 10.4 Å². The van der Waals surface area contributed by atoms with E-state index in [-0.39, 0.29) is 48.0 Å². The molecule has 1 heterocycles. The molecule has 0 saturated heterocycles. The molecule has 0 bridgehead atoms. The van der Waals surface area contributed by atoms with Crippen LogP contribution in [0.15, 0.2) is 29.5 Å². The second-order valence-electron chi connectivity index (χ2n) is 5.11. The van der Waals surface area contributed by atoms with Gasteiger partial charge in [0.05, 0.1) is 44.2 Å². The van der Waals surface area contributed by atoms with E-state index in [4.69, 9.17) is 9.84 Å². The number of nitrogens with zero attached hydrogens (tertiary/aromatic N) is 1. The second kappa shape index (κ2) is 7.67. The number of hydrogen-bond donors (Lipinski definition) is 3. The normalized spacial score (nSPS) is 13.9. The van der Waals surface area contributed by atoms with Crippen LogP contribution >= 0.6 is 0 Å². The van der Waals surface area contributed by atoms with Gasteiger partial charge < -0.3 is 29.9 Å². The van der Waals surface area contributed by atoms with Crippen LogP contribution < -0.4 is 10.1 Å². The average molecular weight is 350 g/mol. The number of ether oxygens (including phenoxy) is 2. The van der Waals surface area contributed by atoms with Gasteiger partial charge in [0.25, 0.3) is 5.91 Å². The quantitative estimate of drug-likeness (QED) is 0.590. The third-order valence-corrected chi connectivity index (χ3v) is 3.68. The second-order valence-corrected chi connectivity index (χ2v) is 5.11. The van der Waals surface area contributed by atoms with Crippen molar-refractivity contribution in [3.05, 3.63) is 35.0 Å². The number of aliphatic hydroxyl groups excluding tert-OH is 1. The Morgan fingerprint density at radius 1 is 1.32 bits per heavy atom. The average Bonchev–Trinajstić information content (AvgIpc) is 2.91. The molecule has 0 spiro atoms. The van der Waals surface area contributed by atoms with Gasteiger partial charge in [-0.25, -0.2) is 9.59 Å². The van der Waals surface area contributed by atoms with Gasteiger partial charge in [0, 0.05) is 6.54 Å². The molecule has 9 nitrogen and oxygen atoms in total. The van der Waals surface area contributed by atoms with Gasteiger partial charge in [0.2, 0.25) is 0 Å². The van der Waals surface area contributed by atoms with Gasteiger partial charge in [0.1, 0.15) is 11.4 Å². The number of methoxy groups -OCH3 is 2. The number of carboxylic acid groups (broad SMARTS) is 1. The molecule has 0 atom stereocenters. The number of amides is 1. The van der Waals surface area contributed by atoms with Crippen molar-refractivity contribution in [2.24, 2.45) is 0 Å². The Bertz CT molecular complexity index is 742. The minimum atomic E-state index is -1.22. The Morgan fingerprint density at radius 3 is 2.60 bits per heavy atom. The molecule has 0 fully saturated rings. The largest absolute Gasteiger partial charge is 0.495 e. The van der Waals surface area contributed by atoms with E-state index in [1.54, 1.807) is 0 Å². The van der Waals surface area contributed by atoms with Gasteiger partial charge in [-0.15, -0.1) is 0 Å². The molecule has 25 heavy (non-hydrogen) atoms. The Kier molecular flexibility index (Phi) is 5.60. The number of carbonyl (C=O) groups excluding carboxylic acids is 2. The molecule has 3 N–H and O–H groups in total. The highest BCUT2D eigenvalue weighted by molar-refractivity contribution is 6.09. The minimum absolute atomic E-state index is 0.0300. The summed E-state index contributed by atoms with van der Waals surface area (Å²) in [6.07, 6.45) is 0. The van der Waals surface area contributed by atoms with Crippen LogP contribution in [-0.2, 0) is 14.3 Å². The van der Waals surface area contributed by atoms with Gasteiger partial charge in [-0.3, -0.25) is 4.79 Å². The predicted molar refractivity (Wildman–Crippen MR) is 86.3 cm³/mol. The first-order valence-corrected chi connectivity index (χ1v) is 7.33. The maximum absolute atomic E-state index is 12.5. The maximum atomic E-state index is 12.5. The summed E-state index contributed by atoms with van der Waals surface area (Å²) >= 11 is 0. The first-order valence-electron chi connectivity index (χ1n) is 7.33. The van der Waals surface area contributed by atoms with E-state index in [0.717, 1.165) is 0 Å². The predicted octanol–water partition coefficient (Wildman–Crippen LogP) is 0.0669. The molecule has 1 aromatic carbocycles. The molecule has 1 aliphatic heterocycles. The van der Waals surface area contributed by atoms with E-state index in [0.29, 0.717) is 0 Å². The molecule has 0 aromatic heterocycles. The summed E-state index contributed by atoms with van der Waals surface area (Å²) in [5, 5.41) is 21.1. The van der Waals surface area contributed by atoms with Crippen LogP contribution in [0.5, 0.6) is 5.75 Å². The van der Waals surface area contributed by atoms with Crippen molar-refractivity contribution in [2.45, 2.75) is 0 Å². The zero-order valence-electron chi connectivity index (χ0n) is 13.7. The van der Waals surface area contributed by atoms with Crippen LogP contribution in [0.3, 0.4) is 0 Å². The first kappa shape index (κ1) is 18.3. The summed E-state index contributed by atoms with van der Waals surface area (Å²) in [5.41, 5.74) is -0.131. The van der Waals surface area contributed by atoms with Crippen LogP contribution in [0.25, 0.3) is 0 Å². The lowest BCUT2D eigenvalue weighted by Gasteiger charge is -2.16. The van der Waals surface area contributed by atoms with E-state index in [2.05, 4.69) is 10.1 Å². The molecule has 134 valence electrons. The van der Waals surface area contributed by atoms with E-state index in [1.807, 2.05) is 0 Å². The highest BCUT2D eigenvalue weighted by atomic mass is 16.5. The number of anilines is 1. The number of carboxylic acids is 1. The summed E-state index contributed by atoms with van der Waals surface area (Å²) in [7, 11) is 2.54. The first-order chi connectivity index (χ1) is 11.9. The van der Waals surface area contributed by atoms with Crippen molar-refractivity contribution in [1.29, 1.82) is 0 Å². The Labute approximate surface area is 143 Å². The summed E-state index contributed by atoms with van der Waals surface area (Å²) in [6.45, 7) is -0.295. The molecule has 1 amide bonds. The fraction of sp³-hybridized carbons (Fsp3) is 0.312. The molecule has 1 aromatic rings. The smallest absolute Gasteiger partial charge is 0.337 e. The monoisotopic (exact) mass is 350 g/mol. The molecule has 0 unspecified atom stereocenters. The van der Waals surface area contributed by atoms with Gasteiger partial charge >= 0.3 is 11.9 Å². The lowest BCUT2D eigenvalue weighted by molar-refractivity contribution is -0.136. The molecule has 1 aliphatic rings. The lowest BCUT2D eigenvalue weighted by Crippen LogP contribution is -2.31. The maximum Gasteiger partial charge on any atom is 0.337 e. The van der Waals surface area contributed by atoms with E-state index >= 15 is 0 Å². The number of benzene rings is 1. The third-order valence-electron chi connectivity index (χ3n) is 3.68. The van der Waals surface area contributed by atoms with Crippen LogP contribution in [0.2, 0.25) is 0 Å². The van der Waals surface area contributed by atoms with Crippen molar-refractivity contribution >= 4 is 23.5 Å². The minimum Gasteiger partial charge on any atom is -0.495 e. The number of aromatic carboxylic acids is 1. The summed E-state index contributed by atoms with van der Waals surface area (Å²) < 4.78 is 9.83. The fourth-order valence-electron chi connectivity index (χ4n) is 2.48. The molecular formula is C16H18N2O7. The summed E-state index contributed by atoms with van der Waals surface area (Å²) in [5.74, 6) is -2.29. The Balaban J connectivity index is 2.50. The highest BCUT2D eigenvalue weighted by Crippen LogP contribution is 2.32. The summed E-state index contributed by atoms with van der Waals surface area (Å²) in [4.78, 5) is 37.2. The fourth-order valence-corrected chi connectivity index (χ4v) is 2.48. The standard InChI is InChI=1S/C16H18N2O7/c1-24-11-5-3-4-9(15(21)22)12(11)17-13-10(16(23)25-2)8-18(6-7-19)14(13)20/h3-5,17,19H,6-8H2,1-2H3,(H,21,22). The number of carbonyl (C=O) groups is 3. The number of esters is 1. The van der Waals surface area contributed by atoms with Gasteiger partial charge in [-0.05, 0) is 12.1 Å². The van der Waals surface area contributed by atoms with E-state index in [9.17, 15) is 19.5 Å². The summed E-state index contributed by atoms with van der Waals surface area (Å²) in [6, 6.07) is 4.37. The van der Waals surface area contributed by atoms with Crippen LogP contribution in [0, 0.1) is 0 Å². The zero-order chi connectivity index (χ0) is 18.6. The van der Waals surface area contributed by atoms with Gasteiger partial charge in [-0.1, -0.05) is 6.07 Å². The topological polar surface area (TPSA) is 125 Å². The number of nitrogens with one attached hydrogen (secondary N) is 1. The number of aliphatic hydroxyl groups is 1. The molecule has 0 radical (unpaired) electrons. The zero-order valence-corrected chi connectivity index (χ0v) is 13.7. The van der Waals surface area contributed by atoms with Crippen molar-refractivity contribution in [2.75, 3.05) is 39.2 Å². The van der Waals surface area contributed by atoms with Crippen LogP contribution in [0.4, 0.5) is 5.69 Å². The molecule has 2 rings (SSSR count). The third kappa shape index (κ3) is 3.56. The van der Waals surface area contributed by atoms with Crippen molar-refractivity contribution < 1.29 is 34.1 Å². The van der Waals surface area contributed by atoms with Crippen molar-refractivity contribution in [3.63, 3.8) is 0 Å². The Morgan fingerprint density at radius 2 is 2.04 bits per heavy atom. The number of rotatable bonds is 7. The molecule has 0 saturated carbocycles. The Hall–Kier alpha value is -3.07. The van der Waals surface area contributed by atoms with Gasteiger partial charge in [-0.2, -0.15) is 0 Å². The number of hydrogen-bond acceptors (Lipinski definition) is 7. The van der Waals surface area contributed by atoms with E-state index in [1.165, 1.54) is 37.3 Å². The van der Waals surface area contributed by atoms with E-state index < -0.39 is 17.8 Å². The molecule has 9 heteroatoms. The molecule has 0 aliphatic carbocycles. The van der Waals surface area contributed by atoms with Crippen LogP contribution in [-0.4, -0.2) is 66.9 Å². The number of β-amino-alcohol motifs (C(OH)–C–C–N with tert-alkyl or cyclic N) is 1. The highest BCUT2D eigenvalue weighted by Gasteiger charge is 2.35. The SMILES string of the molecule is COC(=O)C1=C(Nc2c(OC)cccc2C(=O)O)C(=O)N(CCO)C1.